The van der Waals surface area contributed by atoms with Gasteiger partial charge in [0.1, 0.15) is 11.3 Å². The fourth-order valence-corrected chi connectivity index (χ4v) is 2.73. The van der Waals surface area contributed by atoms with Gasteiger partial charge in [-0.15, -0.1) is 0 Å². The third kappa shape index (κ3) is 3.26. The number of aryl methyl sites for hydroxylation is 1. The van der Waals surface area contributed by atoms with Crippen molar-refractivity contribution < 1.29 is 23.5 Å². The van der Waals surface area contributed by atoms with E-state index in [0.717, 1.165) is 5.39 Å². The Morgan fingerprint density at radius 1 is 1.15 bits per heavy atom. The molecule has 0 aliphatic heterocycles. The van der Waals surface area contributed by atoms with Crippen molar-refractivity contribution >= 4 is 28.5 Å². The average molecular weight is 353 g/mol. The van der Waals surface area contributed by atoms with Crippen molar-refractivity contribution in [1.82, 2.24) is 0 Å². The van der Waals surface area contributed by atoms with Gasteiger partial charge in [0.05, 0.1) is 19.3 Å². The molecule has 6 nitrogen and oxygen atoms in total. The Balaban J connectivity index is 1.89. The number of ether oxygens (including phenoxy) is 2. The number of rotatable bonds is 5. The number of para-hydroxylation sites is 1. The largest absolute Gasteiger partial charge is 0.496 e. The molecule has 26 heavy (non-hydrogen) atoms. The second-order valence-electron chi connectivity index (χ2n) is 5.64. The summed E-state index contributed by atoms with van der Waals surface area (Å²) < 4.78 is 15.8. The van der Waals surface area contributed by atoms with Crippen LogP contribution in [0, 0.1) is 6.92 Å². The van der Waals surface area contributed by atoms with E-state index in [-0.39, 0.29) is 18.3 Å². The average Bonchev–Trinajstić information content (AvgIpc) is 2.98. The molecule has 3 aromatic rings. The van der Waals surface area contributed by atoms with Crippen molar-refractivity contribution in [2.24, 2.45) is 0 Å². The number of fused-ring (bicyclic) bond motifs is 1. The van der Waals surface area contributed by atoms with Gasteiger partial charge >= 0.3 is 5.97 Å². The van der Waals surface area contributed by atoms with Gasteiger partial charge in [0.15, 0.2) is 0 Å². The fraction of sp³-hybridized carbons (Fsp3) is 0.200. The number of esters is 1. The van der Waals surface area contributed by atoms with Crippen molar-refractivity contribution in [3.63, 3.8) is 0 Å². The van der Waals surface area contributed by atoms with Gasteiger partial charge in [-0.25, -0.2) is 4.79 Å². The second kappa shape index (κ2) is 7.31. The molecule has 0 unspecified atom stereocenters. The molecule has 0 aliphatic carbocycles. The molecule has 2 aromatic carbocycles. The van der Waals surface area contributed by atoms with Gasteiger partial charge < -0.3 is 19.2 Å². The van der Waals surface area contributed by atoms with E-state index >= 15 is 0 Å². The Bertz CT molecular complexity index is 973. The maximum Gasteiger partial charge on any atom is 0.374 e. The number of hydrogen-bond donors (Lipinski definition) is 1. The molecule has 0 aliphatic rings. The molecule has 0 fully saturated rings. The SMILES string of the molecule is CCOC(=O)c1oc2cc(NC(=O)c3ccccc3OC)ccc2c1C. The number of benzene rings is 2. The molecule has 134 valence electrons. The first kappa shape index (κ1) is 17.5. The van der Waals surface area contributed by atoms with E-state index in [9.17, 15) is 9.59 Å². The Morgan fingerprint density at radius 2 is 1.92 bits per heavy atom. The standard InChI is InChI=1S/C20H19NO5/c1-4-25-20(23)18-12(2)14-10-9-13(11-17(14)26-18)21-19(22)15-7-5-6-8-16(15)24-3/h5-11H,4H2,1-3H3,(H,21,22). The number of nitrogens with one attached hydrogen (secondary N) is 1. The van der Waals surface area contributed by atoms with Gasteiger partial charge in [0.2, 0.25) is 5.76 Å². The third-order valence-corrected chi connectivity index (χ3v) is 4.01. The molecule has 1 heterocycles. The molecule has 0 atom stereocenters. The zero-order valence-electron chi connectivity index (χ0n) is 14.8. The molecule has 0 saturated carbocycles. The zero-order chi connectivity index (χ0) is 18.7. The van der Waals surface area contributed by atoms with Crippen LogP contribution in [0.3, 0.4) is 0 Å². The summed E-state index contributed by atoms with van der Waals surface area (Å²) in [4.78, 5) is 24.5. The third-order valence-electron chi connectivity index (χ3n) is 4.01. The van der Waals surface area contributed by atoms with E-state index < -0.39 is 5.97 Å². The van der Waals surface area contributed by atoms with Crippen LogP contribution in [0.5, 0.6) is 5.75 Å². The lowest BCUT2D eigenvalue weighted by molar-refractivity contribution is 0.0491. The topological polar surface area (TPSA) is 77.8 Å². The van der Waals surface area contributed by atoms with Crippen LogP contribution in [-0.4, -0.2) is 25.6 Å². The summed E-state index contributed by atoms with van der Waals surface area (Å²) in [5, 5.41) is 3.61. The molecular weight excluding hydrogens is 334 g/mol. The number of furan rings is 1. The lowest BCUT2D eigenvalue weighted by atomic mass is 10.1. The fourth-order valence-electron chi connectivity index (χ4n) is 2.73. The predicted molar refractivity (Wildman–Crippen MR) is 97.9 cm³/mol. The number of methoxy groups -OCH3 is 1. The van der Waals surface area contributed by atoms with Gasteiger partial charge in [0, 0.05) is 22.7 Å². The second-order valence-corrected chi connectivity index (χ2v) is 5.64. The highest BCUT2D eigenvalue weighted by atomic mass is 16.5. The Kier molecular flexibility index (Phi) is 4.93. The van der Waals surface area contributed by atoms with Crippen LogP contribution in [0.4, 0.5) is 5.69 Å². The Hall–Kier alpha value is -3.28. The van der Waals surface area contributed by atoms with E-state index in [4.69, 9.17) is 13.9 Å². The number of hydrogen-bond acceptors (Lipinski definition) is 5. The lowest BCUT2D eigenvalue weighted by Crippen LogP contribution is -2.12. The summed E-state index contributed by atoms with van der Waals surface area (Å²) in [5.41, 5.74) is 2.19. The maximum absolute atomic E-state index is 12.5. The van der Waals surface area contributed by atoms with Gasteiger partial charge in [-0.05, 0) is 38.1 Å². The van der Waals surface area contributed by atoms with Crippen LogP contribution < -0.4 is 10.1 Å². The molecule has 1 aromatic heterocycles. The van der Waals surface area contributed by atoms with Crippen LogP contribution in [0.1, 0.15) is 33.4 Å². The maximum atomic E-state index is 12.5. The molecular formula is C20H19NO5. The summed E-state index contributed by atoms with van der Waals surface area (Å²) >= 11 is 0. The van der Waals surface area contributed by atoms with Crippen molar-refractivity contribution in [2.75, 3.05) is 19.0 Å². The normalized spacial score (nSPS) is 10.6. The quantitative estimate of drug-likeness (QED) is 0.696. The smallest absolute Gasteiger partial charge is 0.374 e. The van der Waals surface area contributed by atoms with Crippen LogP contribution in [0.25, 0.3) is 11.0 Å². The van der Waals surface area contributed by atoms with Crippen molar-refractivity contribution in [1.29, 1.82) is 0 Å². The van der Waals surface area contributed by atoms with Gasteiger partial charge in [-0.3, -0.25) is 4.79 Å². The molecule has 1 amide bonds. The van der Waals surface area contributed by atoms with Gasteiger partial charge in [-0.1, -0.05) is 12.1 Å². The van der Waals surface area contributed by atoms with Crippen molar-refractivity contribution in [2.45, 2.75) is 13.8 Å². The van der Waals surface area contributed by atoms with Crippen LogP contribution in [0.15, 0.2) is 46.9 Å². The van der Waals surface area contributed by atoms with Crippen molar-refractivity contribution in [3.8, 4) is 5.75 Å². The number of amides is 1. The summed E-state index contributed by atoms with van der Waals surface area (Å²) in [6.45, 7) is 3.81. The van der Waals surface area contributed by atoms with Crippen LogP contribution in [0.2, 0.25) is 0 Å². The number of carbonyl (C=O) groups is 2. The summed E-state index contributed by atoms with van der Waals surface area (Å²) in [5.74, 6) is -0.129. The summed E-state index contributed by atoms with van der Waals surface area (Å²) in [7, 11) is 1.51. The predicted octanol–water partition coefficient (Wildman–Crippen LogP) is 4.18. The van der Waals surface area contributed by atoms with E-state index in [1.165, 1.54) is 7.11 Å². The summed E-state index contributed by atoms with van der Waals surface area (Å²) in [6, 6.07) is 12.2. The molecule has 0 spiro atoms. The first-order valence-corrected chi connectivity index (χ1v) is 8.19. The van der Waals surface area contributed by atoms with Gasteiger partial charge in [-0.2, -0.15) is 0 Å². The van der Waals surface area contributed by atoms with E-state index in [1.807, 2.05) is 0 Å². The molecule has 1 N–H and O–H groups in total. The highest BCUT2D eigenvalue weighted by Gasteiger charge is 2.19. The molecule has 0 bridgehead atoms. The zero-order valence-corrected chi connectivity index (χ0v) is 14.8. The molecule has 0 saturated heterocycles. The van der Waals surface area contributed by atoms with Crippen LogP contribution in [-0.2, 0) is 4.74 Å². The summed E-state index contributed by atoms with van der Waals surface area (Å²) in [6.07, 6.45) is 0. The Labute approximate surface area is 150 Å². The highest BCUT2D eigenvalue weighted by molar-refractivity contribution is 6.07. The first-order valence-electron chi connectivity index (χ1n) is 8.19. The van der Waals surface area contributed by atoms with E-state index in [0.29, 0.717) is 28.1 Å². The number of anilines is 1. The monoisotopic (exact) mass is 353 g/mol. The highest BCUT2D eigenvalue weighted by Crippen LogP contribution is 2.29. The minimum atomic E-state index is -0.499. The Morgan fingerprint density at radius 3 is 2.65 bits per heavy atom. The lowest BCUT2D eigenvalue weighted by Gasteiger charge is -2.09. The van der Waals surface area contributed by atoms with E-state index in [1.54, 1.807) is 56.3 Å². The van der Waals surface area contributed by atoms with Crippen LogP contribution >= 0.6 is 0 Å². The van der Waals surface area contributed by atoms with Gasteiger partial charge in [0.25, 0.3) is 5.91 Å². The minimum absolute atomic E-state index is 0.176. The molecule has 6 heteroatoms. The first-order chi connectivity index (χ1) is 12.5. The molecule has 0 radical (unpaired) electrons. The van der Waals surface area contributed by atoms with E-state index in [2.05, 4.69) is 5.32 Å². The minimum Gasteiger partial charge on any atom is -0.496 e. The van der Waals surface area contributed by atoms with Crippen molar-refractivity contribution in [3.05, 3.63) is 59.4 Å². The number of carbonyl (C=O) groups excluding carboxylic acids is 2. The molecule has 3 rings (SSSR count).